The Labute approximate surface area is 130 Å². The molecule has 4 heteroatoms. The monoisotopic (exact) mass is 296 g/mol. The summed E-state index contributed by atoms with van der Waals surface area (Å²) in [6, 6.07) is 0. The fourth-order valence-electron chi connectivity index (χ4n) is 1.10. The normalized spacial score (nSPS) is 11.5. The van der Waals surface area contributed by atoms with Gasteiger partial charge in [-0.05, 0) is 12.8 Å². The average Bonchev–Trinajstić information content (AvgIpc) is 2.49. The Balaban J connectivity index is 0. The van der Waals surface area contributed by atoms with Crippen molar-refractivity contribution >= 4 is 11.8 Å². The molecule has 2 amide bonds. The molecule has 0 aliphatic heterocycles. The van der Waals surface area contributed by atoms with Crippen LogP contribution in [0.15, 0.2) is 25.3 Å². The van der Waals surface area contributed by atoms with Gasteiger partial charge in [-0.2, -0.15) is 0 Å². The summed E-state index contributed by atoms with van der Waals surface area (Å²) in [6.07, 6.45) is 5.11. The van der Waals surface area contributed by atoms with Crippen molar-refractivity contribution in [3.05, 3.63) is 25.3 Å². The minimum absolute atomic E-state index is 0.0971. The smallest absolute Gasteiger partial charge is 0.225 e. The van der Waals surface area contributed by atoms with E-state index >= 15 is 0 Å². The number of carbonyl (C=O) groups is 2. The molecule has 0 aromatic carbocycles. The van der Waals surface area contributed by atoms with Crippen LogP contribution in [0.2, 0.25) is 0 Å². The van der Waals surface area contributed by atoms with Gasteiger partial charge in [0.15, 0.2) is 0 Å². The van der Waals surface area contributed by atoms with Gasteiger partial charge in [-0.3, -0.25) is 9.59 Å². The fourth-order valence-corrected chi connectivity index (χ4v) is 1.10. The van der Waals surface area contributed by atoms with Crippen LogP contribution >= 0.6 is 0 Å². The summed E-state index contributed by atoms with van der Waals surface area (Å²) in [5.74, 6) is 0.335. The molecule has 0 heterocycles. The molecule has 0 aromatic rings. The summed E-state index contributed by atoms with van der Waals surface area (Å²) >= 11 is 0. The number of amides is 2. The molecule has 0 bridgehead atoms. The molecule has 0 saturated heterocycles. The van der Waals surface area contributed by atoms with Crippen LogP contribution in [0.3, 0.4) is 0 Å². The van der Waals surface area contributed by atoms with E-state index < -0.39 is 0 Å². The summed E-state index contributed by atoms with van der Waals surface area (Å²) in [5, 5.41) is 5.49. The van der Waals surface area contributed by atoms with E-state index in [1.165, 1.54) is 0 Å². The summed E-state index contributed by atoms with van der Waals surface area (Å²) < 4.78 is 0. The van der Waals surface area contributed by atoms with Gasteiger partial charge in [0.1, 0.15) is 0 Å². The van der Waals surface area contributed by atoms with Crippen LogP contribution in [0.25, 0.3) is 0 Å². The Hall–Kier alpha value is -1.58. The van der Waals surface area contributed by atoms with E-state index in [1.807, 2.05) is 34.6 Å². The van der Waals surface area contributed by atoms with Crippen molar-refractivity contribution < 1.29 is 9.59 Å². The van der Waals surface area contributed by atoms with E-state index in [4.69, 9.17) is 0 Å². The SMILES string of the molecule is C=CCNC(=O)C(C)(C)CC.C=CCNC(=O)C(C)CC. The molecule has 21 heavy (non-hydrogen) atoms. The highest BCUT2D eigenvalue weighted by Gasteiger charge is 2.23. The Morgan fingerprint density at radius 1 is 1.10 bits per heavy atom. The molecule has 0 fully saturated rings. The molecule has 0 aliphatic carbocycles. The van der Waals surface area contributed by atoms with Crippen molar-refractivity contribution in [2.45, 2.75) is 47.5 Å². The Kier molecular flexibility index (Phi) is 12.6. The fraction of sp³-hybridized carbons (Fsp3) is 0.647. The van der Waals surface area contributed by atoms with Crippen molar-refractivity contribution in [3.8, 4) is 0 Å². The maximum Gasteiger partial charge on any atom is 0.225 e. The zero-order valence-corrected chi connectivity index (χ0v) is 14.3. The lowest BCUT2D eigenvalue weighted by Gasteiger charge is -2.20. The second-order valence-corrected chi connectivity index (χ2v) is 5.58. The predicted molar refractivity (Wildman–Crippen MR) is 89.9 cm³/mol. The highest BCUT2D eigenvalue weighted by Crippen LogP contribution is 2.18. The van der Waals surface area contributed by atoms with E-state index in [0.29, 0.717) is 13.1 Å². The first-order valence-electron chi connectivity index (χ1n) is 7.54. The van der Waals surface area contributed by atoms with E-state index in [0.717, 1.165) is 12.8 Å². The van der Waals surface area contributed by atoms with Gasteiger partial charge in [0.25, 0.3) is 0 Å². The Bertz CT molecular complexity index is 336. The number of rotatable bonds is 8. The predicted octanol–water partition coefficient (Wildman–Crippen LogP) is 3.06. The Morgan fingerprint density at radius 2 is 1.57 bits per heavy atom. The maximum atomic E-state index is 11.3. The van der Waals surface area contributed by atoms with E-state index in [9.17, 15) is 9.59 Å². The molecular formula is C17H32N2O2. The van der Waals surface area contributed by atoms with Crippen LogP contribution in [0.5, 0.6) is 0 Å². The van der Waals surface area contributed by atoms with E-state index in [-0.39, 0.29) is 23.1 Å². The molecule has 0 spiro atoms. The molecule has 0 saturated carbocycles. The third-order valence-corrected chi connectivity index (χ3v) is 3.39. The lowest BCUT2D eigenvalue weighted by atomic mass is 9.89. The molecule has 122 valence electrons. The van der Waals surface area contributed by atoms with Crippen molar-refractivity contribution in [1.29, 1.82) is 0 Å². The zero-order chi connectivity index (χ0) is 16.9. The lowest BCUT2D eigenvalue weighted by molar-refractivity contribution is -0.129. The first kappa shape index (κ1) is 21.7. The van der Waals surface area contributed by atoms with Gasteiger partial charge in [0.05, 0.1) is 0 Å². The van der Waals surface area contributed by atoms with Crippen molar-refractivity contribution in [2.75, 3.05) is 13.1 Å². The molecule has 0 aliphatic rings. The topological polar surface area (TPSA) is 58.2 Å². The van der Waals surface area contributed by atoms with Gasteiger partial charge in [0, 0.05) is 24.4 Å². The summed E-state index contributed by atoms with van der Waals surface area (Å²) in [7, 11) is 0. The third-order valence-electron chi connectivity index (χ3n) is 3.39. The first-order chi connectivity index (χ1) is 9.76. The van der Waals surface area contributed by atoms with Crippen LogP contribution in [0, 0.1) is 11.3 Å². The maximum absolute atomic E-state index is 11.3. The molecule has 2 N–H and O–H groups in total. The average molecular weight is 296 g/mol. The minimum Gasteiger partial charge on any atom is -0.352 e. The molecule has 0 rings (SSSR count). The minimum atomic E-state index is -0.247. The highest BCUT2D eigenvalue weighted by atomic mass is 16.2. The van der Waals surface area contributed by atoms with Crippen LogP contribution in [-0.2, 0) is 9.59 Å². The molecule has 0 aromatic heterocycles. The molecule has 1 unspecified atom stereocenters. The van der Waals surface area contributed by atoms with Gasteiger partial charge in [-0.25, -0.2) is 0 Å². The third kappa shape index (κ3) is 10.8. The second kappa shape index (κ2) is 12.2. The highest BCUT2D eigenvalue weighted by molar-refractivity contribution is 5.81. The van der Waals surface area contributed by atoms with Crippen LogP contribution in [-0.4, -0.2) is 24.9 Å². The van der Waals surface area contributed by atoms with Gasteiger partial charge < -0.3 is 10.6 Å². The number of hydrogen-bond donors (Lipinski definition) is 2. The molecule has 0 radical (unpaired) electrons. The van der Waals surface area contributed by atoms with Gasteiger partial charge in [0.2, 0.25) is 11.8 Å². The van der Waals surface area contributed by atoms with Crippen LogP contribution < -0.4 is 10.6 Å². The first-order valence-corrected chi connectivity index (χ1v) is 7.54. The van der Waals surface area contributed by atoms with Crippen LogP contribution in [0.4, 0.5) is 0 Å². The van der Waals surface area contributed by atoms with Crippen molar-refractivity contribution in [1.82, 2.24) is 10.6 Å². The second-order valence-electron chi connectivity index (χ2n) is 5.58. The van der Waals surface area contributed by atoms with E-state index in [1.54, 1.807) is 12.2 Å². The molecule has 1 atom stereocenters. The van der Waals surface area contributed by atoms with Gasteiger partial charge >= 0.3 is 0 Å². The van der Waals surface area contributed by atoms with Crippen LogP contribution in [0.1, 0.15) is 47.5 Å². The summed E-state index contributed by atoms with van der Waals surface area (Å²) in [4.78, 5) is 22.3. The summed E-state index contributed by atoms with van der Waals surface area (Å²) in [6.45, 7) is 18.0. The standard InChI is InChI=1S/C9H17NO.C8H15NO/c1-5-7-10-8(11)9(3,4)6-2;1-4-6-9-8(10)7(3)5-2/h5H,1,6-7H2,2-4H3,(H,10,11);4,7H,1,5-6H2,2-3H3,(H,9,10). The van der Waals surface area contributed by atoms with Crippen molar-refractivity contribution in [3.63, 3.8) is 0 Å². The Morgan fingerprint density at radius 3 is 1.95 bits per heavy atom. The zero-order valence-electron chi connectivity index (χ0n) is 14.3. The van der Waals surface area contributed by atoms with Gasteiger partial charge in [-0.15, -0.1) is 13.2 Å². The van der Waals surface area contributed by atoms with Gasteiger partial charge in [-0.1, -0.05) is 46.8 Å². The quantitative estimate of drug-likeness (QED) is 0.676. The molecule has 4 nitrogen and oxygen atoms in total. The molecular weight excluding hydrogens is 264 g/mol. The summed E-state index contributed by atoms with van der Waals surface area (Å²) in [5.41, 5.74) is -0.247. The number of hydrogen-bond acceptors (Lipinski definition) is 2. The largest absolute Gasteiger partial charge is 0.352 e. The number of carbonyl (C=O) groups excluding carboxylic acids is 2. The van der Waals surface area contributed by atoms with Crippen molar-refractivity contribution in [2.24, 2.45) is 11.3 Å². The van der Waals surface area contributed by atoms with E-state index in [2.05, 4.69) is 23.8 Å². The number of nitrogens with one attached hydrogen (secondary N) is 2. The lowest BCUT2D eigenvalue weighted by Crippen LogP contribution is -2.36.